The minimum Gasteiger partial charge on any atom is -0.492 e. The summed E-state index contributed by atoms with van der Waals surface area (Å²) in [5.74, 6) is 0.822. The highest BCUT2D eigenvalue weighted by molar-refractivity contribution is 8.01. The average Bonchev–Trinajstić information content (AvgIpc) is 3.23. The first-order valence-electron chi connectivity index (χ1n) is 8.41. The topological polar surface area (TPSA) is 84.4 Å². The summed E-state index contributed by atoms with van der Waals surface area (Å²) in [5.41, 5.74) is 0.701. The quantitative estimate of drug-likeness (QED) is 0.576. The maximum atomic E-state index is 12.5. The van der Waals surface area contributed by atoms with Gasteiger partial charge < -0.3 is 15.0 Å². The molecule has 0 bridgehead atoms. The van der Waals surface area contributed by atoms with Gasteiger partial charge in [0.1, 0.15) is 5.75 Å². The average molecular weight is 393 g/mol. The molecule has 1 saturated heterocycles. The molecule has 1 atom stereocenters. The number of carbonyl (C=O) groups excluding carboxylic acids is 2. The molecule has 1 aromatic carbocycles. The van der Waals surface area contributed by atoms with Crippen molar-refractivity contribution in [1.82, 2.24) is 10.2 Å². The maximum Gasteiger partial charge on any atom is 0.231 e. The molecule has 138 valence electrons. The molecule has 0 aliphatic carbocycles. The largest absolute Gasteiger partial charge is 0.492 e. The van der Waals surface area contributed by atoms with Gasteiger partial charge in [0.05, 0.1) is 18.2 Å². The lowest BCUT2D eigenvalue weighted by atomic mass is 10.1. The van der Waals surface area contributed by atoms with Crippen molar-refractivity contribution < 1.29 is 14.3 Å². The van der Waals surface area contributed by atoms with Gasteiger partial charge in [0.25, 0.3) is 0 Å². The zero-order valence-electron chi connectivity index (χ0n) is 14.6. The Hall–Kier alpha value is -2.13. The van der Waals surface area contributed by atoms with Crippen LogP contribution in [0.25, 0.3) is 0 Å². The van der Waals surface area contributed by atoms with Crippen LogP contribution in [0.3, 0.4) is 0 Å². The van der Waals surface area contributed by atoms with Gasteiger partial charge in [-0.3, -0.25) is 9.59 Å². The molecule has 0 radical (unpaired) electrons. The van der Waals surface area contributed by atoms with E-state index in [4.69, 9.17) is 4.74 Å². The molecule has 1 aromatic heterocycles. The zero-order chi connectivity index (χ0) is 18.5. The van der Waals surface area contributed by atoms with Crippen molar-refractivity contribution in [1.29, 1.82) is 0 Å². The number of anilines is 2. The highest BCUT2D eigenvalue weighted by Gasteiger charge is 2.36. The van der Waals surface area contributed by atoms with Gasteiger partial charge in [-0.25, -0.2) is 0 Å². The molecule has 0 saturated carbocycles. The lowest BCUT2D eigenvalue weighted by Gasteiger charge is -2.20. The zero-order valence-corrected chi connectivity index (χ0v) is 16.2. The third-order valence-corrected chi connectivity index (χ3v) is 5.71. The second kappa shape index (κ2) is 8.50. The van der Waals surface area contributed by atoms with Crippen molar-refractivity contribution in [3.63, 3.8) is 0 Å². The molecular formula is C17H20N4O3S2. The van der Waals surface area contributed by atoms with E-state index in [1.165, 1.54) is 11.3 Å². The van der Waals surface area contributed by atoms with Crippen LogP contribution in [-0.4, -0.2) is 40.9 Å². The third kappa shape index (κ3) is 4.16. The van der Waals surface area contributed by atoms with Crippen LogP contribution in [0.5, 0.6) is 5.75 Å². The number of nitrogens with one attached hydrogen (secondary N) is 1. The molecule has 2 aromatic rings. The standard InChI is InChI=1S/C17H20N4O3S2/c1-3-24-13-8-6-5-7-12(13)21-10-11(9-14(21)22)15(23)18-16-19-20-17(26-16)25-4-2/h5-8,11H,3-4,9-10H2,1-2H3,(H,18,19,23)/t11-/m1/s1. The SMILES string of the molecule is CCOc1ccccc1N1C[C@H](C(=O)Nc2nnc(SCC)s2)CC1=O. The van der Waals surface area contributed by atoms with Crippen LogP contribution in [0.1, 0.15) is 20.3 Å². The first kappa shape index (κ1) is 18.7. The smallest absolute Gasteiger partial charge is 0.231 e. The Labute approximate surface area is 160 Å². The summed E-state index contributed by atoms with van der Waals surface area (Å²) in [6, 6.07) is 7.38. The van der Waals surface area contributed by atoms with Crippen LogP contribution >= 0.6 is 23.1 Å². The van der Waals surface area contributed by atoms with Gasteiger partial charge in [-0.15, -0.1) is 10.2 Å². The fourth-order valence-corrected chi connectivity index (χ4v) is 4.38. The number of thioether (sulfide) groups is 1. The number of benzene rings is 1. The van der Waals surface area contributed by atoms with Crippen molar-refractivity contribution in [3.8, 4) is 5.75 Å². The van der Waals surface area contributed by atoms with Crippen LogP contribution in [-0.2, 0) is 9.59 Å². The third-order valence-electron chi connectivity index (χ3n) is 3.86. The van der Waals surface area contributed by atoms with Gasteiger partial charge >= 0.3 is 0 Å². The Balaban J connectivity index is 1.68. The van der Waals surface area contributed by atoms with E-state index < -0.39 is 5.92 Å². The molecule has 26 heavy (non-hydrogen) atoms. The second-order valence-corrected chi connectivity index (χ2v) is 8.09. The summed E-state index contributed by atoms with van der Waals surface area (Å²) in [5, 5.41) is 11.2. The Morgan fingerprint density at radius 1 is 1.38 bits per heavy atom. The minimum atomic E-state index is -0.427. The normalized spacial score (nSPS) is 16.8. The summed E-state index contributed by atoms with van der Waals surface area (Å²) in [4.78, 5) is 26.6. The molecule has 1 aliphatic heterocycles. The number of hydrogen-bond donors (Lipinski definition) is 1. The van der Waals surface area contributed by atoms with E-state index in [9.17, 15) is 9.59 Å². The van der Waals surface area contributed by atoms with Crippen molar-refractivity contribution in [2.75, 3.05) is 29.1 Å². The summed E-state index contributed by atoms with van der Waals surface area (Å²) in [6.07, 6.45) is 0.168. The monoisotopic (exact) mass is 392 g/mol. The Bertz CT molecular complexity index is 796. The molecule has 9 heteroatoms. The van der Waals surface area contributed by atoms with Crippen LogP contribution in [0.4, 0.5) is 10.8 Å². The number of carbonyl (C=O) groups is 2. The minimum absolute atomic E-state index is 0.0863. The fourth-order valence-electron chi connectivity index (χ4n) is 2.72. The van der Waals surface area contributed by atoms with E-state index in [2.05, 4.69) is 15.5 Å². The second-order valence-electron chi connectivity index (χ2n) is 5.60. The molecule has 1 N–H and O–H groups in total. The van der Waals surface area contributed by atoms with Gasteiger partial charge in [-0.1, -0.05) is 42.2 Å². The lowest BCUT2D eigenvalue weighted by Crippen LogP contribution is -2.28. The Kier molecular flexibility index (Phi) is 6.10. The summed E-state index contributed by atoms with van der Waals surface area (Å²) >= 11 is 2.92. The van der Waals surface area contributed by atoms with E-state index in [0.29, 0.717) is 29.7 Å². The molecular weight excluding hydrogens is 372 g/mol. The van der Waals surface area contributed by atoms with Gasteiger partial charge in [0, 0.05) is 13.0 Å². The molecule has 0 spiro atoms. The first-order valence-corrected chi connectivity index (χ1v) is 10.2. The molecule has 1 aliphatic rings. The van der Waals surface area contributed by atoms with Gasteiger partial charge in [-0.2, -0.15) is 0 Å². The number of rotatable bonds is 7. The number of hydrogen-bond acceptors (Lipinski definition) is 7. The van der Waals surface area contributed by atoms with E-state index in [1.54, 1.807) is 16.7 Å². The van der Waals surface area contributed by atoms with E-state index in [0.717, 1.165) is 10.1 Å². The van der Waals surface area contributed by atoms with E-state index in [1.807, 2.05) is 38.1 Å². The number of para-hydroxylation sites is 2. The van der Waals surface area contributed by atoms with Crippen LogP contribution in [0, 0.1) is 5.92 Å². The molecule has 0 unspecified atom stereocenters. The first-order chi connectivity index (χ1) is 12.6. The predicted octanol–water partition coefficient (Wildman–Crippen LogP) is 3.04. The van der Waals surface area contributed by atoms with Crippen LogP contribution in [0.2, 0.25) is 0 Å². The Morgan fingerprint density at radius 3 is 2.96 bits per heavy atom. The number of ether oxygens (including phenoxy) is 1. The van der Waals surface area contributed by atoms with Gasteiger partial charge in [-0.05, 0) is 24.8 Å². The fraction of sp³-hybridized carbons (Fsp3) is 0.412. The molecule has 1 fully saturated rings. The van der Waals surface area contributed by atoms with E-state index in [-0.39, 0.29) is 18.2 Å². The number of aromatic nitrogens is 2. The van der Waals surface area contributed by atoms with E-state index >= 15 is 0 Å². The van der Waals surface area contributed by atoms with Crippen molar-refractivity contribution in [2.45, 2.75) is 24.6 Å². The molecule has 7 nitrogen and oxygen atoms in total. The highest BCUT2D eigenvalue weighted by Crippen LogP contribution is 2.33. The lowest BCUT2D eigenvalue weighted by molar-refractivity contribution is -0.122. The van der Waals surface area contributed by atoms with Crippen molar-refractivity contribution in [2.24, 2.45) is 5.92 Å². The highest BCUT2D eigenvalue weighted by atomic mass is 32.2. The summed E-state index contributed by atoms with van der Waals surface area (Å²) in [7, 11) is 0. The van der Waals surface area contributed by atoms with Crippen molar-refractivity contribution >= 4 is 45.7 Å². The van der Waals surface area contributed by atoms with Crippen molar-refractivity contribution in [3.05, 3.63) is 24.3 Å². The summed E-state index contributed by atoms with van der Waals surface area (Å²) < 4.78 is 6.42. The maximum absolute atomic E-state index is 12.5. The van der Waals surface area contributed by atoms with Crippen LogP contribution in [0.15, 0.2) is 28.6 Å². The molecule has 2 heterocycles. The molecule has 3 rings (SSSR count). The van der Waals surface area contributed by atoms with Gasteiger partial charge in [0.2, 0.25) is 16.9 Å². The van der Waals surface area contributed by atoms with Crippen LogP contribution < -0.4 is 15.0 Å². The summed E-state index contributed by atoms with van der Waals surface area (Å²) in [6.45, 7) is 4.76. The number of nitrogens with zero attached hydrogens (tertiary/aromatic N) is 3. The Morgan fingerprint density at radius 2 is 2.19 bits per heavy atom. The predicted molar refractivity (Wildman–Crippen MR) is 103 cm³/mol. The number of amides is 2. The van der Waals surface area contributed by atoms with Gasteiger partial charge in [0.15, 0.2) is 4.34 Å². The molecule has 2 amide bonds.